The van der Waals surface area contributed by atoms with Crippen LogP contribution in [-0.2, 0) is 11.0 Å². The fourth-order valence-electron chi connectivity index (χ4n) is 3.69. The number of alkyl halides is 3. The van der Waals surface area contributed by atoms with Crippen molar-refractivity contribution >= 4 is 5.97 Å². The van der Waals surface area contributed by atoms with E-state index in [4.69, 9.17) is 0 Å². The van der Waals surface area contributed by atoms with E-state index >= 15 is 0 Å². The van der Waals surface area contributed by atoms with Crippen LogP contribution in [0.5, 0.6) is 0 Å². The topological polar surface area (TPSA) is 40.5 Å². The minimum absolute atomic E-state index is 0.0612. The van der Waals surface area contributed by atoms with Crippen molar-refractivity contribution in [2.45, 2.75) is 37.5 Å². The summed E-state index contributed by atoms with van der Waals surface area (Å²) in [5.41, 5.74) is -0.872. The largest absolute Gasteiger partial charge is 0.480 e. The van der Waals surface area contributed by atoms with Gasteiger partial charge < -0.3 is 5.11 Å². The van der Waals surface area contributed by atoms with Crippen molar-refractivity contribution in [3.8, 4) is 0 Å². The van der Waals surface area contributed by atoms with Crippen molar-refractivity contribution in [3.05, 3.63) is 70.8 Å². The molecule has 1 aliphatic heterocycles. The molecule has 0 bridgehead atoms. The molecule has 0 radical (unpaired) electrons. The number of benzene rings is 2. The third-order valence-electron chi connectivity index (χ3n) is 4.95. The van der Waals surface area contributed by atoms with E-state index in [1.807, 2.05) is 0 Å². The lowest BCUT2D eigenvalue weighted by molar-refractivity contribution is -0.145. The Bertz CT molecular complexity index is 868. The van der Waals surface area contributed by atoms with Crippen molar-refractivity contribution in [1.82, 2.24) is 4.90 Å². The van der Waals surface area contributed by atoms with Crippen molar-refractivity contribution in [3.63, 3.8) is 0 Å². The number of hydrogen-bond donors (Lipinski definition) is 1. The third-order valence-corrected chi connectivity index (χ3v) is 4.95. The van der Waals surface area contributed by atoms with E-state index in [1.54, 1.807) is 0 Å². The number of hydrogen-bond acceptors (Lipinski definition) is 2. The van der Waals surface area contributed by atoms with E-state index in [1.165, 1.54) is 17.0 Å². The summed E-state index contributed by atoms with van der Waals surface area (Å²) in [4.78, 5) is 13.2. The summed E-state index contributed by atoms with van der Waals surface area (Å²) >= 11 is 0. The zero-order chi connectivity index (χ0) is 20.5. The van der Waals surface area contributed by atoms with E-state index in [2.05, 4.69) is 0 Å². The van der Waals surface area contributed by atoms with E-state index < -0.39 is 41.4 Å². The number of halogens is 5. The molecule has 8 heteroatoms. The molecule has 1 fully saturated rings. The monoisotopic (exact) mass is 399 g/mol. The molecule has 1 N–H and O–H groups in total. The molecule has 3 rings (SSSR count). The van der Waals surface area contributed by atoms with Crippen LogP contribution in [0.1, 0.15) is 42.0 Å². The summed E-state index contributed by atoms with van der Waals surface area (Å²) in [5, 5.41) is 9.57. The van der Waals surface area contributed by atoms with Crippen LogP contribution in [0, 0.1) is 11.6 Å². The van der Waals surface area contributed by atoms with Gasteiger partial charge in [0.15, 0.2) is 0 Å². The van der Waals surface area contributed by atoms with Crippen LogP contribution in [0.2, 0.25) is 0 Å². The van der Waals surface area contributed by atoms with Gasteiger partial charge in [0.05, 0.1) is 11.6 Å². The summed E-state index contributed by atoms with van der Waals surface area (Å²) in [6.07, 6.45) is -3.03. The van der Waals surface area contributed by atoms with E-state index in [0.717, 1.165) is 24.3 Å². The van der Waals surface area contributed by atoms with Gasteiger partial charge in [-0.1, -0.05) is 24.6 Å². The minimum Gasteiger partial charge on any atom is -0.480 e. The lowest BCUT2D eigenvalue weighted by Crippen LogP contribution is -2.47. The molecule has 2 atom stereocenters. The van der Waals surface area contributed by atoms with Crippen LogP contribution >= 0.6 is 0 Å². The number of piperidine rings is 1. The standard InChI is InChI=1S/C20H18F5NO2/c21-14-7-8-15(16(22)11-14)18(26-9-2-1-6-17(26)19(27)28)12-4-3-5-13(10-12)20(23,24)25/h3-5,7-8,10-11,17-18H,1-2,6,9H2,(H,27,28). The molecular weight excluding hydrogens is 381 g/mol. The molecule has 0 saturated carbocycles. The minimum atomic E-state index is -4.60. The average molecular weight is 399 g/mol. The zero-order valence-electron chi connectivity index (χ0n) is 14.7. The molecule has 1 saturated heterocycles. The third kappa shape index (κ3) is 4.16. The van der Waals surface area contributed by atoms with Crippen LogP contribution in [0.15, 0.2) is 42.5 Å². The fourth-order valence-corrected chi connectivity index (χ4v) is 3.69. The number of carboxylic acid groups (broad SMARTS) is 1. The smallest absolute Gasteiger partial charge is 0.416 e. The summed E-state index contributed by atoms with van der Waals surface area (Å²) in [6, 6.07) is 5.15. The Morgan fingerprint density at radius 1 is 1.11 bits per heavy atom. The van der Waals surface area contributed by atoms with Gasteiger partial charge in [0.1, 0.15) is 17.7 Å². The summed E-state index contributed by atoms with van der Waals surface area (Å²) in [6.45, 7) is 0.273. The predicted molar refractivity (Wildman–Crippen MR) is 91.6 cm³/mol. The highest BCUT2D eigenvalue weighted by atomic mass is 19.4. The van der Waals surface area contributed by atoms with Crippen LogP contribution in [0.3, 0.4) is 0 Å². The lowest BCUT2D eigenvalue weighted by atomic mass is 9.90. The highest BCUT2D eigenvalue weighted by molar-refractivity contribution is 5.73. The van der Waals surface area contributed by atoms with Crippen molar-refractivity contribution < 1.29 is 31.9 Å². The van der Waals surface area contributed by atoms with Gasteiger partial charge in [-0.3, -0.25) is 9.69 Å². The molecule has 3 nitrogen and oxygen atoms in total. The van der Waals surface area contributed by atoms with Gasteiger partial charge in [0.25, 0.3) is 0 Å². The first-order valence-corrected chi connectivity index (χ1v) is 8.79. The fraction of sp³-hybridized carbons (Fsp3) is 0.350. The van der Waals surface area contributed by atoms with Gasteiger partial charge in [-0.25, -0.2) is 8.78 Å². The number of rotatable bonds is 4. The first-order chi connectivity index (χ1) is 13.2. The normalized spacial score (nSPS) is 19.4. The van der Waals surface area contributed by atoms with E-state index in [0.29, 0.717) is 25.3 Å². The predicted octanol–water partition coefficient (Wildman–Crippen LogP) is 5.01. The Balaban J connectivity index is 2.16. The second-order valence-electron chi connectivity index (χ2n) is 6.78. The molecule has 2 unspecified atom stereocenters. The molecule has 150 valence electrons. The van der Waals surface area contributed by atoms with E-state index in [-0.39, 0.29) is 17.7 Å². The van der Waals surface area contributed by atoms with Crippen LogP contribution < -0.4 is 0 Å². The Labute approximate surface area is 158 Å². The highest BCUT2D eigenvalue weighted by Crippen LogP contribution is 2.38. The number of nitrogens with zero attached hydrogens (tertiary/aromatic N) is 1. The molecule has 1 heterocycles. The maximum absolute atomic E-state index is 14.6. The molecule has 0 aromatic heterocycles. The van der Waals surface area contributed by atoms with Gasteiger partial charge in [-0.2, -0.15) is 13.2 Å². The molecular formula is C20H18F5NO2. The van der Waals surface area contributed by atoms with Gasteiger partial charge in [-0.05, 0) is 43.1 Å². The first kappa shape index (κ1) is 20.3. The molecule has 2 aromatic rings. The maximum atomic E-state index is 14.6. The molecule has 28 heavy (non-hydrogen) atoms. The van der Waals surface area contributed by atoms with Gasteiger partial charge in [-0.15, -0.1) is 0 Å². The quantitative estimate of drug-likeness (QED) is 0.735. The Hall–Kier alpha value is -2.48. The van der Waals surface area contributed by atoms with Gasteiger partial charge in [0, 0.05) is 11.6 Å². The van der Waals surface area contributed by atoms with Crippen LogP contribution in [0.4, 0.5) is 22.0 Å². The molecule has 0 aliphatic carbocycles. The maximum Gasteiger partial charge on any atom is 0.416 e. The number of likely N-dealkylation sites (tertiary alicyclic amines) is 1. The molecule has 2 aromatic carbocycles. The van der Waals surface area contributed by atoms with Crippen LogP contribution in [0.25, 0.3) is 0 Å². The Kier molecular flexibility index (Phi) is 5.69. The zero-order valence-corrected chi connectivity index (χ0v) is 14.7. The van der Waals surface area contributed by atoms with E-state index in [9.17, 15) is 31.9 Å². The number of carboxylic acids is 1. The van der Waals surface area contributed by atoms with Gasteiger partial charge in [0.2, 0.25) is 0 Å². The Morgan fingerprint density at radius 3 is 2.50 bits per heavy atom. The summed E-state index contributed by atoms with van der Waals surface area (Å²) in [7, 11) is 0. The summed E-state index contributed by atoms with van der Waals surface area (Å²) in [5.74, 6) is -2.88. The number of carbonyl (C=O) groups is 1. The van der Waals surface area contributed by atoms with Crippen molar-refractivity contribution in [2.75, 3.05) is 6.54 Å². The summed E-state index contributed by atoms with van der Waals surface area (Å²) < 4.78 is 67.5. The number of aliphatic carboxylic acids is 1. The van der Waals surface area contributed by atoms with Crippen molar-refractivity contribution in [1.29, 1.82) is 0 Å². The average Bonchev–Trinajstić information content (AvgIpc) is 2.63. The van der Waals surface area contributed by atoms with Crippen LogP contribution in [-0.4, -0.2) is 28.6 Å². The second-order valence-corrected chi connectivity index (χ2v) is 6.78. The molecule has 0 amide bonds. The van der Waals surface area contributed by atoms with Gasteiger partial charge >= 0.3 is 12.1 Å². The molecule has 0 spiro atoms. The SMILES string of the molecule is O=C(O)C1CCCCN1C(c1cccc(C(F)(F)F)c1)c1ccc(F)cc1F. The molecule has 1 aliphatic rings. The highest BCUT2D eigenvalue weighted by Gasteiger charge is 2.37. The first-order valence-electron chi connectivity index (χ1n) is 8.79. The second kappa shape index (κ2) is 7.87. The Morgan fingerprint density at radius 2 is 1.86 bits per heavy atom. The lowest BCUT2D eigenvalue weighted by Gasteiger charge is -2.39. The van der Waals surface area contributed by atoms with Crippen molar-refractivity contribution in [2.24, 2.45) is 0 Å².